The van der Waals surface area contributed by atoms with Gasteiger partial charge in [-0.3, -0.25) is 4.79 Å². The first-order valence-electron chi connectivity index (χ1n) is 4.26. The largest absolute Gasteiger partial charge is 0.356 e. The van der Waals surface area contributed by atoms with Gasteiger partial charge in [0.2, 0.25) is 5.91 Å². The average molecular weight is 153 g/mol. The third-order valence-electron chi connectivity index (χ3n) is 1.93. The van der Waals surface area contributed by atoms with Crippen molar-refractivity contribution in [1.29, 1.82) is 0 Å². The van der Waals surface area contributed by atoms with Crippen LogP contribution in [0.1, 0.15) is 26.2 Å². The van der Waals surface area contributed by atoms with E-state index < -0.39 is 0 Å². The lowest BCUT2D eigenvalue weighted by molar-refractivity contribution is -0.121. The summed E-state index contributed by atoms with van der Waals surface area (Å²) in [7, 11) is 0. The van der Waals surface area contributed by atoms with Crippen LogP contribution in [0.4, 0.5) is 0 Å². The molecule has 1 atom stereocenters. The highest BCUT2D eigenvalue weighted by Crippen LogP contribution is 2.19. The lowest BCUT2D eigenvalue weighted by atomic mass is 10.1. The van der Waals surface area contributed by atoms with Crippen LogP contribution in [0.5, 0.6) is 0 Å². The molecule has 11 heavy (non-hydrogen) atoms. The number of rotatable bonds is 3. The van der Waals surface area contributed by atoms with Crippen LogP contribution in [0, 0.1) is 5.92 Å². The molecular weight excluding hydrogens is 138 g/mol. The van der Waals surface area contributed by atoms with Gasteiger partial charge >= 0.3 is 0 Å². The van der Waals surface area contributed by atoms with Crippen molar-refractivity contribution in [3.8, 4) is 0 Å². The lowest BCUT2D eigenvalue weighted by Crippen LogP contribution is -2.24. The van der Waals surface area contributed by atoms with Gasteiger partial charge in [-0.1, -0.05) is 12.2 Å². The maximum Gasteiger partial charge on any atom is 0.220 e. The van der Waals surface area contributed by atoms with E-state index >= 15 is 0 Å². The van der Waals surface area contributed by atoms with Crippen LogP contribution in [0.15, 0.2) is 12.2 Å². The van der Waals surface area contributed by atoms with E-state index in [-0.39, 0.29) is 5.91 Å². The molecule has 0 radical (unpaired) electrons. The Morgan fingerprint density at radius 1 is 1.73 bits per heavy atom. The molecule has 2 heteroatoms. The molecule has 0 spiro atoms. The second-order valence-corrected chi connectivity index (χ2v) is 2.92. The third kappa shape index (κ3) is 2.74. The molecule has 0 aromatic heterocycles. The van der Waals surface area contributed by atoms with Gasteiger partial charge < -0.3 is 5.32 Å². The summed E-state index contributed by atoms with van der Waals surface area (Å²) in [6.45, 7) is 2.69. The van der Waals surface area contributed by atoms with E-state index in [1.165, 1.54) is 0 Å². The number of hydrogen-bond acceptors (Lipinski definition) is 1. The maximum atomic E-state index is 11.1. The Morgan fingerprint density at radius 2 is 2.55 bits per heavy atom. The summed E-state index contributed by atoms with van der Waals surface area (Å²) in [4.78, 5) is 11.1. The molecule has 0 bridgehead atoms. The van der Waals surface area contributed by atoms with Gasteiger partial charge in [-0.2, -0.15) is 0 Å². The van der Waals surface area contributed by atoms with E-state index in [0.29, 0.717) is 12.3 Å². The van der Waals surface area contributed by atoms with Crippen molar-refractivity contribution in [3.05, 3.63) is 12.2 Å². The van der Waals surface area contributed by atoms with Crippen LogP contribution in [-0.4, -0.2) is 12.5 Å². The quantitative estimate of drug-likeness (QED) is 0.611. The Labute approximate surface area is 67.7 Å². The zero-order chi connectivity index (χ0) is 8.10. The SMILES string of the molecule is CCNC(=O)CC1C=CCC1. The van der Waals surface area contributed by atoms with Gasteiger partial charge in [0.15, 0.2) is 0 Å². The number of carbonyl (C=O) groups is 1. The van der Waals surface area contributed by atoms with E-state index in [0.717, 1.165) is 19.4 Å². The molecular formula is C9H15NO. The lowest BCUT2D eigenvalue weighted by Gasteiger charge is -2.06. The zero-order valence-electron chi connectivity index (χ0n) is 6.97. The Morgan fingerprint density at radius 3 is 3.09 bits per heavy atom. The molecule has 1 rings (SSSR count). The van der Waals surface area contributed by atoms with Gasteiger partial charge in [-0.05, 0) is 25.7 Å². The highest BCUT2D eigenvalue weighted by atomic mass is 16.1. The van der Waals surface area contributed by atoms with Crippen LogP contribution < -0.4 is 5.32 Å². The predicted octanol–water partition coefficient (Wildman–Crippen LogP) is 1.48. The Bertz CT molecular complexity index is 163. The number of carbonyl (C=O) groups excluding carboxylic acids is 1. The van der Waals surface area contributed by atoms with Crippen LogP contribution in [0.2, 0.25) is 0 Å². The summed E-state index contributed by atoms with van der Waals surface area (Å²) in [5.74, 6) is 0.686. The molecule has 0 saturated heterocycles. The highest BCUT2D eigenvalue weighted by molar-refractivity contribution is 5.76. The first-order valence-corrected chi connectivity index (χ1v) is 4.26. The fourth-order valence-corrected chi connectivity index (χ4v) is 1.37. The normalized spacial score (nSPS) is 22.1. The van der Waals surface area contributed by atoms with Gasteiger partial charge in [-0.15, -0.1) is 0 Å². The summed E-state index contributed by atoms with van der Waals surface area (Å²) in [6.07, 6.45) is 7.27. The van der Waals surface area contributed by atoms with Crippen molar-refractivity contribution in [1.82, 2.24) is 5.32 Å². The van der Waals surface area contributed by atoms with Crippen molar-refractivity contribution < 1.29 is 4.79 Å². The maximum absolute atomic E-state index is 11.1. The second kappa shape index (κ2) is 4.16. The molecule has 2 nitrogen and oxygen atoms in total. The van der Waals surface area contributed by atoms with Crippen LogP contribution in [0.3, 0.4) is 0 Å². The third-order valence-corrected chi connectivity index (χ3v) is 1.93. The minimum absolute atomic E-state index is 0.184. The number of hydrogen-bond donors (Lipinski definition) is 1. The molecule has 1 amide bonds. The molecule has 0 aromatic rings. The van der Waals surface area contributed by atoms with Crippen molar-refractivity contribution in [2.75, 3.05) is 6.54 Å². The second-order valence-electron chi connectivity index (χ2n) is 2.92. The molecule has 62 valence electrons. The smallest absolute Gasteiger partial charge is 0.220 e. The summed E-state index contributed by atoms with van der Waals surface area (Å²) in [5.41, 5.74) is 0. The van der Waals surface area contributed by atoms with Gasteiger partial charge in [0.1, 0.15) is 0 Å². The standard InChI is InChI=1S/C9H15NO/c1-2-10-9(11)7-8-5-3-4-6-8/h3,5,8H,2,4,6-7H2,1H3,(H,10,11). The minimum atomic E-state index is 0.184. The van der Waals surface area contributed by atoms with Gasteiger partial charge in [0, 0.05) is 13.0 Å². The number of nitrogens with one attached hydrogen (secondary N) is 1. The van der Waals surface area contributed by atoms with E-state index in [9.17, 15) is 4.79 Å². The summed E-state index contributed by atoms with van der Waals surface area (Å²) in [6, 6.07) is 0. The Hall–Kier alpha value is -0.790. The summed E-state index contributed by atoms with van der Waals surface area (Å²) < 4.78 is 0. The van der Waals surface area contributed by atoms with E-state index in [2.05, 4.69) is 17.5 Å². The first-order chi connectivity index (χ1) is 5.33. The van der Waals surface area contributed by atoms with Crippen LogP contribution in [0.25, 0.3) is 0 Å². The van der Waals surface area contributed by atoms with Gasteiger partial charge in [-0.25, -0.2) is 0 Å². The highest BCUT2D eigenvalue weighted by Gasteiger charge is 2.12. The molecule has 0 aromatic carbocycles. The predicted molar refractivity (Wildman–Crippen MR) is 45.2 cm³/mol. The molecule has 0 aliphatic heterocycles. The minimum Gasteiger partial charge on any atom is -0.356 e. The number of amides is 1. The number of allylic oxidation sites excluding steroid dienone is 2. The zero-order valence-corrected chi connectivity index (χ0v) is 6.97. The van der Waals surface area contributed by atoms with Gasteiger partial charge in [0.05, 0.1) is 0 Å². The fraction of sp³-hybridized carbons (Fsp3) is 0.667. The van der Waals surface area contributed by atoms with Crippen molar-refractivity contribution in [3.63, 3.8) is 0 Å². The topological polar surface area (TPSA) is 29.1 Å². The fourth-order valence-electron chi connectivity index (χ4n) is 1.37. The molecule has 0 saturated carbocycles. The monoisotopic (exact) mass is 153 g/mol. The van der Waals surface area contributed by atoms with Crippen LogP contribution >= 0.6 is 0 Å². The Kier molecular flexibility index (Phi) is 3.14. The molecule has 1 N–H and O–H groups in total. The van der Waals surface area contributed by atoms with Crippen molar-refractivity contribution in [2.45, 2.75) is 26.2 Å². The van der Waals surface area contributed by atoms with Crippen molar-refractivity contribution in [2.24, 2.45) is 5.92 Å². The average Bonchev–Trinajstić information content (AvgIpc) is 2.40. The Balaban J connectivity index is 2.19. The molecule has 1 unspecified atom stereocenters. The van der Waals surface area contributed by atoms with E-state index in [1.807, 2.05) is 6.92 Å². The van der Waals surface area contributed by atoms with E-state index in [4.69, 9.17) is 0 Å². The van der Waals surface area contributed by atoms with Crippen LogP contribution in [-0.2, 0) is 4.79 Å². The van der Waals surface area contributed by atoms with E-state index in [1.54, 1.807) is 0 Å². The molecule has 1 aliphatic carbocycles. The molecule has 1 aliphatic rings. The first kappa shape index (κ1) is 8.31. The molecule has 0 heterocycles. The van der Waals surface area contributed by atoms with Gasteiger partial charge in [0.25, 0.3) is 0 Å². The molecule has 0 fully saturated rings. The van der Waals surface area contributed by atoms with Crippen molar-refractivity contribution >= 4 is 5.91 Å². The summed E-state index contributed by atoms with van der Waals surface area (Å²) in [5, 5.41) is 2.80. The summed E-state index contributed by atoms with van der Waals surface area (Å²) >= 11 is 0.